The zero-order valence-electron chi connectivity index (χ0n) is 17.0. The fourth-order valence-electron chi connectivity index (χ4n) is 4.69. The molecular weight excluding hydrogens is 417 g/mol. The first-order valence-corrected chi connectivity index (χ1v) is 10.4. The fourth-order valence-corrected chi connectivity index (χ4v) is 4.69. The van der Waals surface area contributed by atoms with Crippen molar-refractivity contribution >= 4 is 11.7 Å². The molecule has 164 valence electrons. The molecule has 32 heavy (non-hydrogen) atoms. The molecule has 3 atom stereocenters. The summed E-state index contributed by atoms with van der Waals surface area (Å²) in [5, 5.41) is 6.08. The molecule has 1 unspecified atom stereocenters. The number of carbonyl (C=O) groups excluding carboxylic acids is 1. The molecule has 0 radical (unpaired) electrons. The van der Waals surface area contributed by atoms with E-state index in [2.05, 4.69) is 39.9 Å². The van der Waals surface area contributed by atoms with Crippen LogP contribution in [0.4, 0.5) is 23.7 Å². The predicted octanol–water partition coefficient (Wildman–Crippen LogP) is 4.74. The largest absolute Gasteiger partial charge is 0.416 e. The minimum Gasteiger partial charge on any atom is -0.315 e. The number of rotatable bonds is 3. The van der Waals surface area contributed by atoms with Crippen LogP contribution in [0.25, 0.3) is 11.1 Å². The second-order valence-corrected chi connectivity index (χ2v) is 8.09. The first-order chi connectivity index (χ1) is 15.4. The number of anilines is 1. The zero-order valence-corrected chi connectivity index (χ0v) is 17.0. The summed E-state index contributed by atoms with van der Waals surface area (Å²) in [6, 6.07) is 16.5. The highest BCUT2D eigenvalue weighted by molar-refractivity contribution is 5.91. The van der Waals surface area contributed by atoms with Crippen molar-refractivity contribution in [3.8, 4) is 11.1 Å². The number of halogens is 3. The lowest BCUT2D eigenvalue weighted by Gasteiger charge is -2.59. The molecule has 0 aliphatic carbocycles. The SMILES string of the molecule is O=C(Nc1ccc(C(F)(F)F)cc1)N1[C@@H]2CNC[C@H]1C2c1ccc(-c2ccncc2)cc1. The first-order valence-electron chi connectivity index (χ1n) is 10.4. The van der Waals surface area contributed by atoms with Crippen LogP contribution in [-0.4, -0.2) is 41.1 Å². The summed E-state index contributed by atoms with van der Waals surface area (Å²) >= 11 is 0. The van der Waals surface area contributed by atoms with Crippen molar-refractivity contribution in [1.29, 1.82) is 0 Å². The van der Waals surface area contributed by atoms with E-state index < -0.39 is 11.7 Å². The normalized spacial score (nSPS) is 22.2. The average molecular weight is 438 g/mol. The number of nitrogens with one attached hydrogen (secondary N) is 2. The molecule has 2 fully saturated rings. The van der Waals surface area contributed by atoms with E-state index in [1.807, 2.05) is 12.1 Å². The third-order valence-corrected chi connectivity index (χ3v) is 6.26. The van der Waals surface area contributed by atoms with Gasteiger partial charge in [-0.1, -0.05) is 24.3 Å². The Morgan fingerprint density at radius 3 is 2.09 bits per heavy atom. The van der Waals surface area contributed by atoms with E-state index in [-0.39, 0.29) is 24.0 Å². The van der Waals surface area contributed by atoms with E-state index >= 15 is 0 Å². The Labute approximate surface area is 183 Å². The van der Waals surface area contributed by atoms with Gasteiger partial charge < -0.3 is 15.5 Å². The highest BCUT2D eigenvalue weighted by Crippen LogP contribution is 2.43. The van der Waals surface area contributed by atoms with E-state index in [9.17, 15) is 18.0 Å². The summed E-state index contributed by atoms with van der Waals surface area (Å²) < 4.78 is 38.3. The van der Waals surface area contributed by atoms with Gasteiger partial charge in [0.15, 0.2) is 0 Å². The Kier molecular flexibility index (Phi) is 5.09. The van der Waals surface area contributed by atoms with Crippen LogP contribution in [0.15, 0.2) is 73.1 Å². The number of hydrogen-bond donors (Lipinski definition) is 2. The van der Waals surface area contributed by atoms with Gasteiger partial charge in [0.25, 0.3) is 0 Å². The van der Waals surface area contributed by atoms with Gasteiger partial charge >= 0.3 is 12.2 Å². The van der Waals surface area contributed by atoms with Crippen LogP contribution in [0.5, 0.6) is 0 Å². The summed E-state index contributed by atoms with van der Waals surface area (Å²) in [7, 11) is 0. The summed E-state index contributed by atoms with van der Waals surface area (Å²) in [4.78, 5) is 18.7. The van der Waals surface area contributed by atoms with Gasteiger partial charge in [0.1, 0.15) is 0 Å². The van der Waals surface area contributed by atoms with Crippen molar-refractivity contribution in [2.75, 3.05) is 18.4 Å². The quantitative estimate of drug-likeness (QED) is 0.621. The molecule has 5 nitrogen and oxygen atoms in total. The second-order valence-electron chi connectivity index (χ2n) is 8.09. The number of nitrogens with zero attached hydrogens (tertiary/aromatic N) is 2. The summed E-state index contributed by atoms with van der Waals surface area (Å²) in [5.41, 5.74) is 2.99. The van der Waals surface area contributed by atoms with Gasteiger partial charge in [0.05, 0.1) is 17.6 Å². The maximum Gasteiger partial charge on any atom is 0.416 e. The molecule has 2 aliphatic heterocycles. The van der Waals surface area contributed by atoms with Gasteiger partial charge in [0, 0.05) is 37.1 Å². The zero-order chi connectivity index (χ0) is 22.3. The number of fused-ring (bicyclic) bond motifs is 2. The van der Waals surface area contributed by atoms with E-state index in [4.69, 9.17) is 0 Å². The van der Waals surface area contributed by atoms with Gasteiger partial charge in [-0.15, -0.1) is 0 Å². The Hall–Kier alpha value is -3.39. The minimum atomic E-state index is -4.40. The third-order valence-electron chi connectivity index (χ3n) is 6.26. The Balaban J connectivity index is 1.28. The molecule has 3 aromatic rings. The smallest absolute Gasteiger partial charge is 0.315 e. The van der Waals surface area contributed by atoms with Crippen LogP contribution >= 0.6 is 0 Å². The summed E-state index contributed by atoms with van der Waals surface area (Å²) in [6.45, 7) is 1.35. The molecule has 3 heterocycles. The van der Waals surface area contributed by atoms with Crippen molar-refractivity contribution < 1.29 is 18.0 Å². The van der Waals surface area contributed by atoms with Gasteiger partial charge in [-0.25, -0.2) is 4.79 Å². The van der Waals surface area contributed by atoms with Crippen LogP contribution in [0.1, 0.15) is 17.0 Å². The lowest BCUT2D eigenvalue weighted by Crippen LogP contribution is -2.74. The monoisotopic (exact) mass is 438 g/mol. The third kappa shape index (κ3) is 3.71. The fraction of sp³-hybridized carbons (Fsp3) is 0.250. The average Bonchev–Trinajstić information content (AvgIpc) is 2.80. The molecule has 8 heteroatoms. The van der Waals surface area contributed by atoms with Crippen molar-refractivity contribution in [1.82, 2.24) is 15.2 Å². The van der Waals surface area contributed by atoms with Crippen molar-refractivity contribution in [3.05, 3.63) is 84.2 Å². The van der Waals surface area contributed by atoms with Crippen molar-refractivity contribution in [2.45, 2.75) is 24.2 Å². The van der Waals surface area contributed by atoms with E-state index in [0.29, 0.717) is 18.8 Å². The van der Waals surface area contributed by atoms with Crippen molar-refractivity contribution in [2.24, 2.45) is 0 Å². The first kappa shape index (κ1) is 20.5. The molecule has 2 N–H and O–H groups in total. The van der Waals surface area contributed by atoms with Gasteiger partial charge in [-0.3, -0.25) is 4.98 Å². The molecule has 2 aromatic carbocycles. The van der Waals surface area contributed by atoms with Crippen molar-refractivity contribution in [3.63, 3.8) is 0 Å². The van der Waals surface area contributed by atoms with Gasteiger partial charge in [-0.05, 0) is 53.1 Å². The maximum absolute atomic E-state index is 12.9. The molecule has 0 spiro atoms. The van der Waals surface area contributed by atoms with Gasteiger partial charge in [-0.2, -0.15) is 13.2 Å². The van der Waals surface area contributed by atoms with Crippen LogP contribution in [0.3, 0.4) is 0 Å². The Morgan fingerprint density at radius 2 is 1.50 bits per heavy atom. The van der Waals surface area contributed by atoms with E-state index in [1.54, 1.807) is 17.3 Å². The number of benzene rings is 2. The number of pyridine rings is 1. The summed E-state index contributed by atoms with van der Waals surface area (Å²) in [6.07, 6.45) is -0.875. The van der Waals surface area contributed by atoms with Crippen LogP contribution < -0.4 is 10.6 Å². The number of piperazine rings is 1. The number of piperidine rings is 1. The highest BCUT2D eigenvalue weighted by Gasteiger charge is 2.53. The lowest BCUT2D eigenvalue weighted by molar-refractivity contribution is -0.137. The molecular formula is C24H21F3N4O. The number of hydrogen-bond acceptors (Lipinski definition) is 3. The number of carbonyl (C=O) groups is 1. The summed E-state index contributed by atoms with van der Waals surface area (Å²) in [5.74, 6) is 0.223. The highest BCUT2D eigenvalue weighted by atomic mass is 19.4. The predicted molar refractivity (Wildman–Crippen MR) is 115 cm³/mol. The molecule has 5 rings (SSSR count). The molecule has 0 saturated carbocycles. The number of urea groups is 1. The Morgan fingerprint density at radius 1 is 0.906 bits per heavy atom. The second kappa shape index (κ2) is 7.94. The number of amides is 2. The molecule has 2 amide bonds. The van der Waals surface area contributed by atoms with Crippen LogP contribution in [-0.2, 0) is 6.18 Å². The number of alkyl halides is 3. The van der Waals surface area contributed by atoms with E-state index in [0.717, 1.165) is 23.3 Å². The molecule has 1 aromatic heterocycles. The van der Waals surface area contributed by atoms with E-state index in [1.165, 1.54) is 17.7 Å². The van der Waals surface area contributed by atoms with Crippen LogP contribution in [0, 0.1) is 0 Å². The van der Waals surface area contributed by atoms with Crippen LogP contribution in [0.2, 0.25) is 0 Å². The molecule has 2 bridgehead atoms. The number of aromatic nitrogens is 1. The molecule has 2 aliphatic rings. The maximum atomic E-state index is 12.9. The topological polar surface area (TPSA) is 57.3 Å². The Bertz CT molecular complexity index is 1090. The lowest BCUT2D eigenvalue weighted by atomic mass is 9.72. The minimum absolute atomic E-state index is 0.00465. The standard InChI is InChI=1S/C24H21F3N4O/c25-24(26,27)18-5-7-19(8-6-18)30-23(32)31-20-13-29-14-21(31)22(20)17-3-1-15(2-4-17)16-9-11-28-12-10-16/h1-12,20-22,29H,13-14H2,(H,30,32)/t20-,21+,22?. The van der Waals surface area contributed by atoms with Gasteiger partial charge in [0.2, 0.25) is 0 Å². The molecule has 2 saturated heterocycles.